The molecule has 0 aliphatic heterocycles. The third-order valence-electron chi connectivity index (χ3n) is 4.30. The standard InChI is InChI=1S/C23H19ClN2O2/c1-25-23(28)14-20(17-8-4-2-5-9-17)19-12-13-22(24)26(15-19)16-21(27)18-10-6-3-7-11-18/h2-15H,16H2,1H3/p+1/b20-14-. The summed E-state index contributed by atoms with van der Waals surface area (Å²) in [5.74, 6) is -0.248. The van der Waals surface area contributed by atoms with E-state index in [9.17, 15) is 9.59 Å². The van der Waals surface area contributed by atoms with Crippen molar-refractivity contribution in [2.24, 2.45) is 0 Å². The number of carbonyl (C=O) groups is 2. The Balaban J connectivity index is 1.99. The first-order chi connectivity index (χ1) is 13.6. The van der Waals surface area contributed by atoms with Crippen LogP contribution in [0.4, 0.5) is 0 Å². The fourth-order valence-corrected chi connectivity index (χ4v) is 3.00. The largest absolute Gasteiger partial charge is 0.356 e. The van der Waals surface area contributed by atoms with E-state index in [1.165, 1.54) is 0 Å². The molecule has 0 fully saturated rings. The fraction of sp³-hybridized carbons (Fsp3) is 0.0870. The number of likely N-dealkylation sites (N-methyl/N-ethyl adjacent to an activating group) is 1. The Morgan fingerprint density at radius 3 is 2.11 bits per heavy atom. The van der Waals surface area contributed by atoms with Crippen LogP contribution in [0.25, 0.3) is 5.57 Å². The number of nitrogens with zero attached hydrogens (tertiary/aromatic N) is 1. The van der Waals surface area contributed by atoms with E-state index in [1.807, 2.05) is 54.6 Å². The van der Waals surface area contributed by atoms with Gasteiger partial charge in [0.05, 0.1) is 0 Å². The number of carbonyl (C=O) groups excluding carboxylic acids is 2. The van der Waals surface area contributed by atoms with Crippen molar-refractivity contribution >= 4 is 28.9 Å². The van der Waals surface area contributed by atoms with Crippen LogP contribution in [0.15, 0.2) is 85.1 Å². The van der Waals surface area contributed by atoms with Crippen LogP contribution in [0.3, 0.4) is 0 Å². The molecule has 3 rings (SSSR count). The fourth-order valence-electron chi connectivity index (χ4n) is 2.83. The van der Waals surface area contributed by atoms with Crippen LogP contribution >= 0.6 is 11.6 Å². The molecule has 0 saturated heterocycles. The van der Waals surface area contributed by atoms with Crippen molar-refractivity contribution in [1.82, 2.24) is 5.32 Å². The van der Waals surface area contributed by atoms with Crippen molar-refractivity contribution in [3.05, 3.63) is 107 Å². The number of ketones is 1. The van der Waals surface area contributed by atoms with Gasteiger partial charge in [-0.05, 0) is 23.2 Å². The van der Waals surface area contributed by atoms with E-state index in [-0.39, 0.29) is 18.2 Å². The average molecular weight is 392 g/mol. The predicted molar refractivity (Wildman–Crippen MR) is 110 cm³/mol. The first-order valence-electron chi connectivity index (χ1n) is 8.85. The molecule has 28 heavy (non-hydrogen) atoms. The van der Waals surface area contributed by atoms with Gasteiger partial charge in [-0.2, -0.15) is 4.57 Å². The maximum atomic E-state index is 12.6. The molecule has 3 aromatic rings. The summed E-state index contributed by atoms with van der Waals surface area (Å²) < 4.78 is 1.69. The molecule has 0 aliphatic carbocycles. The van der Waals surface area contributed by atoms with Crippen molar-refractivity contribution in [1.29, 1.82) is 0 Å². The van der Waals surface area contributed by atoms with Gasteiger partial charge in [0.25, 0.3) is 5.15 Å². The van der Waals surface area contributed by atoms with Crippen molar-refractivity contribution in [2.45, 2.75) is 6.54 Å². The molecule has 0 spiro atoms. The second-order valence-electron chi connectivity index (χ2n) is 6.20. The number of hydrogen-bond acceptors (Lipinski definition) is 2. The molecular formula is C23H20ClN2O2+. The summed E-state index contributed by atoms with van der Waals surface area (Å²) in [6.07, 6.45) is 3.34. The molecule has 1 aromatic heterocycles. The van der Waals surface area contributed by atoms with Gasteiger partial charge >= 0.3 is 0 Å². The van der Waals surface area contributed by atoms with Gasteiger partial charge in [0, 0.05) is 35.9 Å². The number of amides is 1. The number of halogens is 1. The molecule has 1 heterocycles. The Morgan fingerprint density at radius 1 is 0.893 bits per heavy atom. The minimum absolute atomic E-state index is 0.0406. The van der Waals surface area contributed by atoms with Crippen LogP contribution in [-0.4, -0.2) is 18.7 Å². The van der Waals surface area contributed by atoms with Gasteiger partial charge < -0.3 is 5.32 Å². The molecular weight excluding hydrogens is 372 g/mol. The van der Waals surface area contributed by atoms with Crippen LogP contribution in [0.5, 0.6) is 0 Å². The Hall–Kier alpha value is -3.24. The van der Waals surface area contributed by atoms with Crippen LogP contribution in [0.2, 0.25) is 5.15 Å². The zero-order chi connectivity index (χ0) is 19.9. The Morgan fingerprint density at radius 2 is 1.50 bits per heavy atom. The van der Waals surface area contributed by atoms with Crippen molar-refractivity contribution in [3.63, 3.8) is 0 Å². The van der Waals surface area contributed by atoms with Gasteiger partial charge in [0.2, 0.25) is 18.2 Å². The van der Waals surface area contributed by atoms with Gasteiger partial charge in [0.15, 0.2) is 6.20 Å². The lowest BCUT2D eigenvalue weighted by Gasteiger charge is -2.08. The first-order valence-corrected chi connectivity index (χ1v) is 9.22. The molecule has 0 aliphatic rings. The highest BCUT2D eigenvalue weighted by Crippen LogP contribution is 2.23. The zero-order valence-corrected chi connectivity index (χ0v) is 16.2. The van der Waals surface area contributed by atoms with Gasteiger partial charge in [-0.15, -0.1) is 0 Å². The number of nitrogens with one attached hydrogen (secondary N) is 1. The van der Waals surface area contributed by atoms with E-state index < -0.39 is 0 Å². The molecule has 5 heteroatoms. The molecule has 1 amide bonds. The quantitative estimate of drug-likeness (QED) is 0.301. The molecule has 0 atom stereocenters. The predicted octanol–water partition coefficient (Wildman–Crippen LogP) is 3.69. The minimum Gasteiger partial charge on any atom is -0.356 e. The zero-order valence-electron chi connectivity index (χ0n) is 15.4. The Bertz CT molecular complexity index is 1020. The molecule has 0 saturated carbocycles. The third kappa shape index (κ3) is 4.72. The minimum atomic E-state index is -0.208. The van der Waals surface area contributed by atoms with Crippen molar-refractivity contribution in [2.75, 3.05) is 7.05 Å². The topological polar surface area (TPSA) is 50.1 Å². The number of rotatable bonds is 6. The number of pyridine rings is 1. The van der Waals surface area contributed by atoms with E-state index in [1.54, 1.807) is 42.1 Å². The lowest BCUT2D eigenvalue weighted by molar-refractivity contribution is -0.681. The maximum Gasteiger partial charge on any atom is 0.275 e. The smallest absolute Gasteiger partial charge is 0.275 e. The highest BCUT2D eigenvalue weighted by molar-refractivity contribution is 6.28. The molecule has 0 unspecified atom stereocenters. The summed E-state index contributed by atoms with van der Waals surface area (Å²) >= 11 is 6.32. The highest BCUT2D eigenvalue weighted by Gasteiger charge is 2.18. The van der Waals surface area contributed by atoms with Crippen LogP contribution in [0, 0.1) is 0 Å². The van der Waals surface area contributed by atoms with E-state index in [4.69, 9.17) is 11.6 Å². The van der Waals surface area contributed by atoms with Gasteiger partial charge in [-0.25, -0.2) is 0 Å². The third-order valence-corrected chi connectivity index (χ3v) is 4.64. The lowest BCUT2D eigenvalue weighted by atomic mass is 9.98. The number of hydrogen-bond donors (Lipinski definition) is 1. The second kappa shape index (κ2) is 9.11. The maximum absolute atomic E-state index is 12.6. The summed E-state index contributed by atoms with van der Waals surface area (Å²) in [6.45, 7) is 0.110. The van der Waals surface area contributed by atoms with Crippen LogP contribution in [0.1, 0.15) is 21.5 Å². The summed E-state index contributed by atoms with van der Waals surface area (Å²) in [5, 5.41) is 3.06. The second-order valence-corrected chi connectivity index (χ2v) is 6.58. The van der Waals surface area contributed by atoms with E-state index >= 15 is 0 Å². The van der Waals surface area contributed by atoms with Crippen molar-refractivity contribution < 1.29 is 14.2 Å². The van der Waals surface area contributed by atoms with E-state index in [0.717, 1.165) is 16.7 Å². The SMILES string of the molecule is CNC(=O)/C=C(/c1ccccc1)c1ccc(Cl)[n+](CC(=O)c2ccccc2)c1. The van der Waals surface area contributed by atoms with Gasteiger partial charge in [-0.3, -0.25) is 9.59 Å². The molecule has 4 nitrogen and oxygen atoms in total. The average Bonchev–Trinajstić information content (AvgIpc) is 2.74. The summed E-state index contributed by atoms with van der Waals surface area (Å²) in [5.41, 5.74) is 3.06. The first kappa shape index (κ1) is 19.5. The molecule has 2 aromatic carbocycles. The highest BCUT2D eigenvalue weighted by atomic mass is 35.5. The number of Topliss-reactive ketones (excluding diaryl/α,β-unsaturated/α-hetero) is 1. The molecule has 0 radical (unpaired) electrons. The Kier molecular flexibility index (Phi) is 6.35. The van der Waals surface area contributed by atoms with Gasteiger partial charge in [0.1, 0.15) is 0 Å². The summed E-state index contributed by atoms with van der Waals surface area (Å²) in [7, 11) is 1.59. The molecule has 1 N–H and O–H groups in total. The summed E-state index contributed by atoms with van der Waals surface area (Å²) in [4.78, 5) is 24.6. The molecule has 0 bridgehead atoms. The normalized spacial score (nSPS) is 11.1. The van der Waals surface area contributed by atoms with Crippen molar-refractivity contribution in [3.8, 4) is 0 Å². The monoisotopic (exact) mass is 391 g/mol. The number of aromatic nitrogens is 1. The van der Waals surface area contributed by atoms with Crippen LogP contribution in [-0.2, 0) is 11.3 Å². The van der Waals surface area contributed by atoms with Gasteiger partial charge in [-0.1, -0.05) is 60.7 Å². The van der Waals surface area contributed by atoms with E-state index in [2.05, 4.69) is 5.32 Å². The molecule has 140 valence electrons. The van der Waals surface area contributed by atoms with E-state index in [0.29, 0.717) is 10.7 Å². The van der Waals surface area contributed by atoms with Crippen LogP contribution < -0.4 is 9.88 Å². The lowest BCUT2D eigenvalue weighted by Crippen LogP contribution is -2.39. The Labute approximate surface area is 169 Å². The summed E-state index contributed by atoms with van der Waals surface area (Å²) in [6, 6.07) is 22.3. The number of benzene rings is 2.